The van der Waals surface area contributed by atoms with E-state index in [-0.39, 0.29) is 35.3 Å². The molecule has 31 heavy (non-hydrogen) atoms. The third-order valence-corrected chi connectivity index (χ3v) is 5.04. The molecule has 0 fully saturated rings. The van der Waals surface area contributed by atoms with Crippen LogP contribution in [-0.4, -0.2) is 47.7 Å². The van der Waals surface area contributed by atoms with Gasteiger partial charge in [-0.1, -0.05) is 11.6 Å². The first-order valence-electron chi connectivity index (χ1n) is 8.82. The highest BCUT2D eigenvalue weighted by Gasteiger charge is 2.39. The molecule has 0 spiro atoms. The second kappa shape index (κ2) is 10.7. The molecule has 0 bridgehead atoms. The van der Waals surface area contributed by atoms with Crippen LogP contribution in [0.5, 0.6) is 5.75 Å². The molecule has 2 aromatic rings. The zero-order valence-corrected chi connectivity index (χ0v) is 17.6. The number of nitrogens with zero attached hydrogens (tertiary/aromatic N) is 1. The highest BCUT2D eigenvalue weighted by atomic mass is 35.5. The molecule has 170 valence electrons. The largest absolute Gasteiger partial charge is 0.484 e. The minimum absolute atomic E-state index is 0.0194. The summed E-state index contributed by atoms with van der Waals surface area (Å²) in [6.07, 6.45) is -5.84. The Balaban J connectivity index is 1.71. The molecular formula is C18H18ClF4N3O4S. The van der Waals surface area contributed by atoms with Gasteiger partial charge in [0.2, 0.25) is 0 Å². The molecule has 0 aliphatic carbocycles. The molecule has 0 saturated carbocycles. The summed E-state index contributed by atoms with van der Waals surface area (Å²) in [5.41, 5.74) is -1.25. The lowest BCUT2D eigenvalue weighted by atomic mass is 10.2. The fraction of sp³-hybridized carbons (Fsp3) is 0.389. The molecular weight excluding hydrogens is 466 g/mol. The number of benzene rings is 1. The number of hydrogen-bond donors (Lipinski definition) is 3. The summed E-state index contributed by atoms with van der Waals surface area (Å²) in [6, 6.07) is 3.67. The van der Waals surface area contributed by atoms with Crippen molar-refractivity contribution in [3.63, 3.8) is 0 Å². The van der Waals surface area contributed by atoms with Gasteiger partial charge in [-0.3, -0.25) is 9.59 Å². The van der Waals surface area contributed by atoms with E-state index >= 15 is 0 Å². The van der Waals surface area contributed by atoms with Crippen molar-refractivity contribution in [1.82, 2.24) is 15.6 Å². The maximum Gasteiger partial charge on any atom is 0.435 e. The molecule has 1 heterocycles. The summed E-state index contributed by atoms with van der Waals surface area (Å²) in [5, 5.41) is 14.5. The van der Waals surface area contributed by atoms with Crippen LogP contribution in [0.15, 0.2) is 18.2 Å². The van der Waals surface area contributed by atoms with Crippen molar-refractivity contribution in [2.24, 2.45) is 0 Å². The van der Waals surface area contributed by atoms with Crippen molar-refractivity contribution in [3.8, 4) is 5.75 Å². The number of aliphatic hydroxyl groups is 1. The maximum atomic E-state index is 13.3. The Hall–Kier alpha value is -2.44. The number of ether oxygens (including phenoxy) is 1. The Labute approximate surface area is 183 Å². The number of nitrogens with one attached hydrogen (secondary N) is 2. The van der Waals surface area contributed by atoms with Gasteiger partial charge in [0, 0.05) is 19.2 Å². The van der Waals surface area contributed by atoms with Crippen LogP contribution in [0.2, 0.25) is 5.02 Å². The summed E-state index contributed by atoms with van der Waals surface area (Å²) < 4.78 is 57.1. The first-order valence-corrected chi connectivity index (χ1v) is 10.0. The number of hydrogen-bond acceptors (Lipinski definition) is 6. The first-order chi connectivity index (χ1) is 14.5. The molecule has 7 nitrogen and oxygen atoms in total. The molecule has 1 unspecified atom stereocenters. The molecule has 0 aliphatic rings. The SMILES string of the molecule is Cc1nc(C(F)(F)F)c(C(=O)NCCC(O)CNC(=O)COc2ccc(Cl)c(F)c2)s1. The van der Waals surface area contributed by atoms with Gasteiger partial charge in [0.15, 0.2) is 12.3 Å². The Morgan fingerprint density at radius 3 is 2.68 bits per heavy atom. The third-order valence-electron chi connectivity index (χ3n) is 3.77. The zero-order valence-electron chi connectivity index (χ0n) is 16.1. The van der Waals surface area contributed by atoms with Crippen molar-refractivity contribution in [1.29, 1.82) is 0 Å². The second-order valence-electron chi connectivity index (χ2n) is 6.28. The van der Waals surface area contributed by atoms with Crippen molar-refractivity contribution >= 4 is 34.8 Å². The van der Waals surface area contributed by atoms with E-state index in [0.29, 0.717) is 11.3 Å². The van der Waals surface area contributed by atoms with Crippen LogP contribution in [0.3, 0.4) is 0 Å². The van der Waals surface area contributed by atoms with Gasteiger partial charge in [-0.05, 0) is 25.5 Å². The van der Waals surface area contributed by atoms with Crippen LogP contribution in [0.4, 0.5) is 17.6 Å². The summed E-state index contributed by atoms with van der Waals surface area (Å²) in [6.45, 7) is 0.622. The van der Waals surface area contributed by atoms with Gasteiger partial charge < -0.3 is 20.5 Å². The Bertz CT molecular complexity index is 939. The van der Waals surface area contributed by atoms with Crippen LogP contribution >= 0.6 is 22.9 Å². The quantitative estimate of drug-likeness (QED) is 0.476. The molecule has 2 rings (SSSR count). The van der Waals surface area contributed by atoms with E-state index < -0.39 is 47.1 Å². The van der Waals surface area contributed by atoms with E-state index in [0.717, 1.165) is 6.07 Å². The van der Waals surface area contributed by atoms with E-state index in [1.54, 1.807) is 0 Å². The predicted octanol–water partition coefficient (Wildman–Crippen LogP) is 2.94. The van der Waals surface area contributed by atoms with Crippen molar-refractivity contribution < 1.29 is 37.0 Å². The van der Waals surface area contributed by atoms with E-state index in [2.05, 4.69) is 15.6 Å². The highest BCUT2D eigenvalue weighted by Crippen LogP contribution is 2.34. The number of rotatable bonds is 9. The zero-order chi connectivity index (χ0) is 23.2. The topological polar surface area (TPSA) is 101 Å². The Morgan fingerprint density at radius 2 is 2.03 bits per heavy atom. The van der Waals surface area contributed by atoms with Crippen molar-refractivity contribution in [2.75, 3.05) is 19.7 Å². The number of carbonyl (C=O) groups excluding carboxylic acids is 2. The number of alkyl halides is 3. The molecule has 0 radical (unpaired) electrons. The smallest absolute Gasteiger partial charge is 0.435 e. The lowest BCUT2D eigenvalue weighted by Crippen LogP contribution is -2.37. The molecule has 1 atom stereocenters. The van der Waals surface area contributed by atoms with Gasteiger partial charge in [-0.25, -0.2) is 9.37 Å². The number of aliphatic hydroxyl groups excluding tert-OH is 1. The van der Waals surface area contributed by atoms with Gasteiger partial charge in [0.25, 0.3) is 11.8 Å². The van der Waals surface area contributed by atoms with Gasteiger partial charge in [-0.2, -0.15) is 13.2 Å². The monoisotopic (exact) mass is 483 g/mol. The highest BCUT2D eigenvalue weighted by molar-refractivity contribution is 7.13. The molecule has 13 heteroatoms. The molecule has 0 saturated heterocycles. The number of amides is 2. The summed E-state index contributed by atoms with van der Waals surface area (Å²) in [5.74, 6) is -2.14. The van der Waals surface area contributed by atoms with E-state index in [1.807, 2.05) is 0 Å². The van der Waals surface area contributed by atoms with Gasteiger partial charge in [-0.15, -0.1) is 11.3 Å². The second-order valence-corrected chi connectivity index (χ2v) is 7.89. The molecule has 0 aliphatic heterocycles. The molecule has 3 N–H and O–H groups in total. The van der Waals surface area contributed by atoms with E-state index in [1.165, 1.54) is 19.1 Å². The first kappa shape index (κ1) is 24.8. The fourth-order valence-electron chi connectivity index (χ4n) is 2.31. The average Bonchev–Trinajstić information content (AvgIpc) is 3.09. The van der Waals surface area contributed by atoms with E-state index in [9.17, 15) is 32.3 Å². The van der Waals surface area contributed by atoms with Gasteiger partial charge in [0.05, 0.1) is 16.1 Å². The number of carbonyl (C=O) groups is 2. The van der Waals surface area contributed by atoms with Crippen molar-refractivity contribution in [3.05, 3.63) is 44.6 Å². The lowest BCUT2D eigenvalue weighted by molar-refractivity contribution is -0.141. The van der Waals surface area contributed by atoms with Crippen LogP contribution in [0.25, 0.3) is 0 Å². The summed E-state index contributed by atoms with van der Waals surface area (Å²) in [7, 11) is 0. The summed E-state index contributed by atoms with van der Waals surface area (Å²) >= 11 is 6.16. The lowest BCUT2D eigenvalue weighted by Gasteiger charge is -2.13. The minimum Gasteiger partial charge on any atom is -0.484 e. The maximum absolute atomic E-state index is 13.3. The predicted molar refractivity (Wildman–Crippen MR) is 105 cm³/mol. The van der Waals surface area contributed by atoms with E-state index in [4.69, 9.17) is 16.3 Å². The normalized spacial score (nSPS) is 12.4. The molecule has 2 amide bonds. The Morgan fingerprint density at radius 1 is 1.32 bits per heavy atom. The molecule has 1 aromatic heterocycles. The number of aromatic nitrogens is 1. The standard InChI is InChI=1S/C18H18ClF4N3O4S/c1-9-26-16(18(21,22)23)15(31-9)17(29)24-5-4-10(27)7-25-14(28)8-30-11-2-3-12(19)13(20)6-11/h2-3,6,10,27H,4-5,7-8H2,1H3,(H,24,29)(H,25,28). The van der Waals surface area contributed by atoms with Crippen LogP contribution in [0, 0.1) is 12.7 Å². The average molecular weight is 484 g/mol. The van der Waals surface area contributed by atoms with Crippen LogP contribution in [-0.2, 0) is 11.0 Å². The fourth-order valence-corrected chi connectivity index (χ4v) is 3.28. The minimum atomic E-state index is -4.75. The third kappa shape index (κ3) is 7.64. The number of halogens is 5. The summed E-state index contributed by atoms with van der Waals surface area (Å²) in [4.78, 5) is 26.5. The van der Waals surface area contributed by atoms with Gasteiger partial charge in [0.1, 0.15) is 16.4 Å². The van der Waals surface area contributed by atoms with Crippen molar-refractivity contribution in [2.45, 2.75) is 25.6 Å². The van der Waals surface area contributed by atoms with Gasteiger partial charge >= 0.3 is 6.18 Å². The Kier molecular flexibility index (Phi) is 8.60. The van der Waals surface area contributed by atoms with Crippen LogP contribution in [0.1, 0.15) is 26.8 Å². The van der Waals surface area contributed by atoms with Crippen LogP contribution < -0.4 is 15.4 Å². The number of aryl methyl sites for hydroxylation is 1. The molecule has 1 aromatic carbocycles. The number of thiazole rings is 1.